The zero-order valence-electron chi connectivity index (χ0n) is 16.6. The number of hydrogen-bond acceptors (Lipinski definition) is 6. The minimum absolute atomic E-state index is 0.0515. The monoisotopic (exact) mass is 405 g/mol. The summed E-state index contributed by atoms with van der Waals surface area (Å²) in [5.74, 6) is -0.409. The number of carbonyl (C=O) groups excluding carboxylic acids is 1. The summed E-state index contributed by atoms with van der Waals surface area (Å²) in [5, 5.41) is 22.8. The molecule has 1 amide bonds. The van der Waals surface area contributed by atoms with Crippen LogP contribution in [0.3, 0.4) is 0 Å². The molecule has 1 aliphatic heterocycles. The van der Waals surface area contributed by atoms with E-state index < -0.39 is 11.5 Å². The SMILES string of the molecule is C=C1CC=C(c2nc(C3(O)CCOCC3)ccc2NC(=O)c2ncc(C#N)[nH]2)CC1. The molecule has 8 nitrogen and oxygen atoms in total. The summed E-state index contributed by atoms with van der Waals surface area (Å²) in [7, 11) is 0. The average Bonchev–Trinajstić information content (AvgIpc) is 3.25. The maximum absolute atomic E-state index is 12.6. The van der Waals surface area contributed by atoms with E-state index in [9.17, 15) is 9.90 Å². The number of pyridine rings is 1. The smallest absolute Gasteiger partial charge is 0.291 e. The summed E-state index contributed by atoms with van der Waals surface area (Å²) in [5.41, 5.74) is 3.08. The molecule has 0 bridgehead atoms. The fourth-order valence-electron chi connectivity index (χ4n) is 3.70. The van der Waals surface area contributed by atoms with Gasteiger partial charge in [0.15, 0.2) is 5.82 Å². The number of H-pyrrole nitrogens is 1. The number of rotatable bonds is 4. The van der Waals surface area contributed by atoms with Crippen LogP contribution in [0.15, 0.2) is 36.6 Å². The lowest BCUT2D eigenvalue weighted by molar-refractivity contribution is -0.0705. The minimum Gasteiger partial charge on any atom is -0.383 e. The summed E-state index contributed by atoms with van der Waals surface area (Å²) < 4.78 is 5.38. The summed E-state index contributed by atoms with van der Waals surface area (Å²) in [6, 6.07) is 5.43. The predicted molar refractivity (Wildman–Crippen MR) is 110 cm³/mol. The molecule has 1 aliphatic carbocycles. The van der Waals surface area contributed by atoms with Gasteiger partial charge in [0, 0.05) is 26.1 Å². The quantitative estimate of drug-likeness (QED) is 0.672. The van der Waals surface area contributed by atoms with Crippen LogP contribution in [0.25, 0.3) is 5.57 Å². The summed E-state index contributed by atoms with van der Waals surface area (Å²) >= 11 is 0. The molecule has 3 heterocycles. The molecule has 2 aromatic heterocycles. The summed E-state index contributed by atoms with van der Waals surface area (Å²) in [6.45, 7) is 5.00. The van der Waals surface area contributed by atoms with Gasteiger partial charge in [0.05, 0.1) is 23.3 Å². The standard InChI is InChI=1S/C22H23N5O3/c1-14-2-4-15(5-3-14)19-17(26-21(28)20-24-13-16(12-23)25-20)6-7-18(27-19)22(29)8-10-30-11-9-22/h4,6-7,13,29H,1-3,5,8-11H2,(H,24,25)(H,26,28). The van der Waals surface area contributed by atoms with Crippen molar-refractivity contribution in [2.45, 2.75) is 37.7 Å². The van der Waals surface area contributed by atoms with Crippen molar-refractivity contribution in [3.8, 4) is 6.07 Å². The van der Waals surface area contributed by atoms with Gasteiger partial charge in [-0.2, -0.15) is 5.26 Å². The number of aliphatic hydroxyl groups is 1. The molecule has 8 heteroatoms. The number of nitrogens with zero attached hydrogens (tertiary/aromatic N) is 3. The Bertz CT molecular complexity index is 1060. The Morgan fingerprint density at radius 2 is 2.13 bits per heavy atom. The number of amides is 1. The van der Waals surface area contributed by atoms with Crippen molar-refractivity contribution in [2.24, 2.45) is 0 Å². The topological polar surface area (TPSA) is 124 Å². The summed E-state index contributed by atoms with van der Waals surface area (Å²) in [4.78, 5) is 24.0. The molecule has 1 saturated heterocycles. The van der Waals surface area contributed by atoms with Crippen molar-refractivity contribution < 1.29 is 14.6 Å². The van der Waals surface area contributed by atoms with Gasteiger partial charge in [-0.15, -0.1) is 0 Å². The van der Waals surface area contributed by atoms with Crippen LogP contribution in [0, 0.1) is 11.3 Å². The molecule has 1 fully saturated rings. The Kier molecular flexibility index (Phi) is 5.48. The third-order valence-electron chi connectivity index (χ3n) is 5.54. The van der Waals surface area contributed by atoms with Gasteiger partial charge >= 0.3 is 0 Å². The minimum atomic E-state index is -1.04. The Labute approximate surface area is 174 Å². The fraction of sp³-hybridized carbons (Fsp3) is 0.364. The molecular formula is C22H23N5O3. The number of hydrogen-bond donors (Lipinski definition) is 3. The molecule has 154 valence electrons. The highest BCUT2D eigenvalue weighted by Crippen LogP contribution is 2.36. The highest BCUT2D eigenvalue weighted by atomic mass is 16.5. The van der Waals surface area contributed by atoms with E-state index in [4.69, 9.17) is 15.0 Å². The van der Waals surface area contributed by atoms with Crippen molar-refractivity contribution in [3.63, 3.8) is 0 Å². The van der Waals surface area contributed by atoms with Crippen LogP contribution in [-0.4, -0.2) is 39.2 Å². The fourth-order valence-corrected chi connectivity index (χ4v) is 3.70. The number of nitrogens with one attached hydrogen (secondary N) is 2. The third kappa shape index (κ3) is 4.03. The van der Waals surface area contributed by atoms with Gasteiger partial charge in [-0.25, -0.2) is 9.97 Å². The van der Waals surface area contributed by atoms with E-state index in [0.717, 1.165) is 30.4 Å². The first kappa shape index (κ1) is 20.0. The molecule has 0 atom stereocenters. The van der Waals surface area contributed by atoms with Crippen molar-refractivity contribution in [2.75, 3.05) is 18.5 Å². The van der Waals surface area contributed by atoms with Gasteiger partial charge in [0.2, 0.25) is 0 Å². The normalized spacial score (nSPS) is 18.4. The first-order valence-electron chi connectivity index (χ1n) is 9.93. The van der Waals surface area contributed by atoms with E-state index >= 15 is 0 Å². The van der Waals surface area contributed by atoms with Crippen LogP contribution in [0.1, 0.15) is 59.8 Å². The number of aromatic nitrogens is 3. The van der Waals surface area contributed by atoms with Crippen molar-refractivity contribution in [3.05, 3.63) is 59.5 Å². The number of ether oxygens (including phenoxy) is 1. The molecule has 3 N–H and O–H groups in total. The number of aromatic amines is 1. The molecule has 2 aliphatic rings. The lowest BCUT2D eigenvalue weighted by Gasteiger charge is -2.32. The molecule has 2 aromatic rings. The van der Waals surface area contributed by atoms with Crippen LogP contribution in [0.5, 0.6) is 0 Å². The number of nitriles is 1. The zero-order chi connectivity index (χ0) is 21.1. The molecular weight excluding hydrogens is 382 g/mol. The van der Waals surface area contributed by atoms with Gasteiger partial charge in [-0.05, 0) is 37.0 Å². The number of imidazole rings is 1. The van der Waals surface area contributed by atoms with Crippen LogP contribution in [0.4, 0.5) is 5.69 Å². The molecule has 0 unspecified atom stereocenters. The van der Waals surface area contributed by atoms with E-state index in [-0.39, 0.29) is 11.5 Å². The number of allylic oxidation sites excluding steroid dienone is 3. The third-order valence-corrected chi connectivity index (χ3v) is 5.54. The summed E-state index contributed by atoms with van der Waals surface area (Å²) in [6.07, 6.45) is 6.71. The van der Waals surface area contributed by atoms with Gasteiger partial charge in [0.25, 0.3) is 5.91 Å². The Morgan fingerprint density at radius 3 is 2.80 bits per heavy atom. The Hall–Kier alpha value is -3.28. The maximum atomic E-state index is 12.6. The van der Waals surface area contributed by atoms with E-state index in [1.54, 1.807) is 12.1 Å². The predicted octanol–water partition coefficient (Wildman–Crippen LogP) is 3.05. The molecule has 0 radical (unpaired) electrons. The highest BCUT2D eigenvalue weighted by molar-refractivity contribution is 6.03. The number of anilines is 1. The van der Waals surface area contributed by atoms with E-state index in [0.29, 0.717) is 43.1 Å². The van der Waals surface area contributed by atoms with Crippen LogP contribution >= 0.6 is 0 Å². The van der Waals surface area contributed by atoms with Crippen LogP contribution < -0.4 is 5.32 Å². The second kappa shape index (κ2) is 8.22. The van der Waals surface area contributed by atoms with E-state index in [2.05, 4.69) is 27.9 Å². The number of carbonyl (C=O) groups is 1. The van der Waals surface area contributed by atoms with Crippen molar-refractivity contribution >= 4 is 17.2 Å². The van der Waals surface area contributed by atoms with Gasteiger partial charge in [-0.1, -0.05) is 18.2 Å². The first-order valence-corrected chi connectivity index (χ1v) is 9.93. The average molecular weight is 405 g/mol. The van der Waals surface area contributed by atoms with Crippen LogP contribution in [0.2, 0.25) is 0 Å². The molecule has 4 rings (SSSR count). The highest BCUT2D eigenvalue weighted by Gasteiger charge is 2.34. The van der Waals surface area contributed by atoms with Gasteiger partial charge < -0.3 is 20.1 Å². The Morgan fingerprint density at radius 1 is 1.33 bits per heavy atom. The van der Waals surface area contributed by atoms with Gasteiger partial charge in [-0.3, -0.25) is 4.79 Å². The van der Waals surface area contributed by atoms with Crippen molar-refractivity contribution in [1.82, 2.24) is 15.0 Å². The van der Waals surface area contributed by atoms with E-state index in [1.807, 2.05) is 6.07 Å². The molecule has 30 heavy (non-hydrogen) atoms. The van der Waals surface area contributed by atoms with Gasteiger partial charge in [0.1, 0.15) is 17.4 Å². The second-order valence-corrected chi connectivity index (χ2v) is 7.63. The lowest BCUT2D eigenvalue weighted by Crippen LogP contribution is -2.34. The molecule has 0 aromatic carbocycles. The molecule has 0 spiro atoms. The Balaban J connectivity index is 1.69. The molecule has 0 saturated carbocycles. The second-order valence-electron chi connectivity index (χ2n) is 7.63. The van der Waals surface area contributed by atoms with Crippen molar-refractivity contribution in [1.29, 1.82) is 5.26 Å². The zero-order valence-corrected chi connectivity index (χ0v) is 16.6. The largest absolute Gasteiger partial charge is 0.383 e. The first-order chi connectivity index (χ1) is 14.5. The maximum Gasteiger partial charge on any atom is 0.291 e. The van der Waals surface area contributed by atoms with E-state index in [1.165, 1.54) is 6.20 Å². The lowest BCUT2D eigenvalue weighted by atomic mass is 9.88. The van der Waals surface area contributed by atoms with Crippen LogP contribution in [-0.2, 0) is 10.3 Å².